The van der Waals surface area contributed by atoms with Gasteiger partial charge in [-0.1, -0.05) is 38.3 Å². The zero-order valence-corrected chi connectivity index (χ0v) is 11.3. The molecule has 0 nitrogen and oxygen atoms in total. The van der Waals surface area contributed by atoms with Crippen LogP contribution in [0.4, 0.5) is 0 Å². The quantitative estimate of drug-likeness (QED) is 0.369. The largest absolute Gasteiger partial charge is 0.103 e. The zero-order chi connectivity index (χ0) is 9.78. The first kappa shape index (κ1) is 13.5. The lowest BCUT2D eigenvalue weighted by atomic mass is 10.2. The molecular formula is C11H18Br2. The predicted octanol–water partition coefficient (Wildman–Crippen LogP) is 4.51. The summed E-state index contributed by atoms with van der Waals surface area (Å²) in [5.41, 5.74) is 0. The first-order valence-electron chi connectivity index (χ1n) is 4.99. The number of unbranched alkanes of at least 4 members (excludes halogenated alkanes) is 5. The minimum absolute atomic E-state index is 1.07. The summed E-state index contributed by atoms with van der Waals surface area (Å²) in [6, 6.07) is 0. The molecule has 0 unspecified atom stereocenters. The maximum absolute atomic E-state index is 3.42. The molecular weight excluding hydrogens is 292 g/mol. The molecule has 0 aromatic carbocycles. The highest BCUT2D eigenvalue weighted by Gasteiger charge is 1.84. The molecule has 0 N–H and O–H groups in total. The molecule has 0 aromatic heterocycles. The van der Waals surface area contributed by atoms with Crippen molar-refractivity contribution in [2.45, 2.75) is 44.9 Å². The Morgan fingerprint density at radius 3 is 1.62 bits per heavy atom. The molecule has 0 fully saturated rings. The third-order valence-electron chi connectivity index (χ3n) is 1.75. The highest BCUT2D eigenvalue weighted by molar-refractivity contribution is 9.09. The Morgan fingerprint density at radius 2 is 1.08 bits per heavy atom. The predicted molar refractivity (Wildman–Crippen MR) is 67.7 cm³/mol. The van der Waals surface area contributed by atoms with Crippen molar-refractivity contribution in [2.75, 3.05) is 10.7 Å². The second kappa shape index (κ2) is 12.5. The van der Waals surface area contributed by atoms with E-state index in [2.05, 4.69) is 43.7 Å². The van der Waals surface area contributed by atoms with E-state index in [1.807, 2.05) is 0 Å². The van der Waals surface area contributed by atoms with Gasteiger partial charge < -0.3 is 0 Å². The monoisotopic (exact) mass is 308 g/mol. The molecule has 0 aliphatic heterocycles. The van der Waals surface area contributed by atoms with Gasteiger partial charge in [-0.2, -0.15) is 0 Å². The number of hydrogen-bond acceptors (Lipinski definition) is 0. The van der Waals surface area contributed by atoms with E-state index < -0.39 is 0 Å². The summed E-state index contributed by atoms with van der Waals surface area (Å²) in [7, 11) is 0. The minimum atomic E-state index is 1.07. The molecule has 0 bridgehead atoms. The van der Waals surface area contributed by atoms with Crippen molar-refractivity contribution in [3.63, 3.8) is 0 Å². The molecule has 76 valence electrons. The van der Waals surface area contributed by atoms with Gasteiger partial charge in [0.1, 0.15) is 0 Å². The summed E-state index contributed by atoms with van der Waals surface area (Å²) in [5.74, 6) is 6.44. The van der Waals surface area contributed by atoms with E-state index in [9.17, 15) is 0 Å². The van der Waals surface area contributed by atoms with Crippen molar-refractivity contribution in [2.24, 2.45) is 0 Å². The lowest BCUT2D eigenvalue weighted by Gasteiger charge is -1.91. The Labute approximate surface area is 99.1 Å². The SMILES string of the molecule is BrCCCCC#CCCCCCBr. The molecule has 0 aliphatic carbocycles. The molecule has 0 aromatic rings. The fourth-order valence-corrected chi connectivity index (χ4v) is 1.76. The summed E-state index contributed by atoms with van der Waals surface area (Å²) in [5, 5.41) is 2.24. The van der Waals surface area contributed by atoms with Crippen LogP contribution >= 0.6 is 31.9 Å². The van der Waals surface area contributed by atoms with Gasteiger partial charge in [-0.3, -0.25) is 0 Å². The van der Waals surface area contributed by atoms with Crippen LogP contribution in [-0.4, -0.2) is 10.7 Å². The van der Waals surface area contributed by atoms with E-state index in [0.717, 1.165) is 23.5 Å². The number of rotatable bonds is 7. The third kappa shape index (κ3) is 12.5. The van der Waals surface area contributed by atoms with Crippen LogP contribution in [0.3, 0.4) is 0 Å². The average Bonchev–Trinajstić information content (AvgIpc) is 2.16. The fraction of sp³-hybridized carbons (Fsp3) is 0.818. The summed E-state index contributed by atoms with van der Waals surface area (Å²) >= 11 is 6.83. The van der Waals surface area contributed by atoms with Crippen molar-refractivity contribution in [3.8, 4) is 11.8 Å². The molecule has 0 amide bonds. The number of halogens is 2. The van der Waals surface area contributed by atoms with Crippen LogP contribution in [-0.2, 0) is 0 Å². The molecule has 0 spiro atoms. The van der Waals surface area contributed by atoms with Gasteiger partial charge in [-0.05, 0) is 25.7 Å². The highest BCUT2D eigenvalue weighted by atomic mass is 79.9. The van der Waals surface area contributed by atoms with Crippen molar-refractivity contribution in [1.82, 2.24) is 0 Å². The van der Waals surface area contributed by atoms with Crippen LogP contribution in [0.2, 0.25) is 0 Å². The maximum atomic E-state index is 3.42. The topological polar surface area (TPSA) is 0 Å². The van der Waals surface area contributed by atoms with E-state index in [-0.39, 0.29) is 0 Å². The third-order valence-corrected chi connectivity index (χ3v) is 2.87. The fourth-order valence-electron chi connectivity index (χ4n) is 0.969. The highest BCUT2D eigenvalue weighted by Crippen LogP contribution is 2.01. The van der Waals surface area contributed by atoms with Crippen molar-refractivity contribution < 1.29 is 0 Å². The minimum Gasteiger partial charge on any atom is -0.103 e. The van der Waals surface area contributed by atoms with E-state index in [1.54, 1.807) is 0 Å². The molecule has 0 heterocycles. The Bertz CT molecular complexity index is 144. The molecule has 0 radical (unpaired) electrons. The van der Waals surface area contributed by atoms with E-state index in [0.29, 0.717) is 0 Å². The number of hydrogen-bond donors (Lipinski definition) is 0. The van der Waals surface area contributed by atoms with Crippen LogP contribution in [0.1, 0.15) is 44.9 Å². The van der Waals surface area contributed by atoms with Crippen LogP contribution in [0.5, 0.6) is 0 Å². The summed E-state index contributed by atoms with van der Waals surface area (Å²) < 4.78 is 0. The normalized spacial score (nSPS) is 9.38. The maximum Gasteiger partial charge on any atom is 0.00889 e. The second-order valence-corrected chi connectivity index (χ2v) is 4.59. The zero-order valence-electron chi connectivity index (χ0n) is 8.12. The lowest BCUT2D eigenvalue weighted by molar-refractivity contribution is 0.744. The van der Waals surface area contributed by atoms with Gasteiger partial charge in [-0.25, -0.2) is 0 Å². The van der Waals surface area contributed by atoms with Gasteiger partial charge >= 0.3 is 0 Å². The lowest BCUT2D eigenvalue weighted by Crippen LogP contribution is -1.77. The molecule has 0 saturated heterocycles. The molecule has 0 rings (SSSR count). The smallest absolute Gasteiger partial charge is 0.00889 e. The summed E-state index contributed by atoms with van der Waals surface area (Å²) in [4.78, 5) is 0. The first-order valence-corrected chi connectivity index (χ1v) is 7.23. The van der Waals surface area contributed by atoms with Crippen molar-refractivity contribution in [1.29, 1.82) is 0 Å². The van der Waals surface area contributed by atoms with Crippen LogP contribution < -0.4 is 0 Å². The van der Waals surface area contributed by atoms with Crippen LogP contribution in [0.15, 0.2) is 0 Å². The van der Waals surface area contributed by atoms with Gasteiger partial charge in [0.2, 0.25) is 0 Å². The average molecular weight is 310 g/mol. The summed E-state index contributed by atoms with van der Waals surface area (Å²) in [6.45, 7) is 0. The molecule has 2 heteroatoms. The van der Waals surface area contributed by atoms with Gasteiger partial charge in [0, 0.05) is 23.5 Å². The standard InChI is InChI=1S/C11H18Br2/c12-10-8-6-4-2-1-3-5-7-9-11-13/h2,4-11H2. The molecule has 0 aliphatic rings. The molecule has 0 atom stereocenters. The Morgan fingerprint density at radius 1 is 0.615 bits per heavy atom. The first-order chi connectivity index (χ1) is 6.41. The van der Waals surface area contributed by atoms with Gasteiger partial charge in [-0.15, -0.1) is 11.8 Å². The molecule has 13 heavy (non-hydrogen) atoms. The van der Waals surface area contributed by atoms with Crippen molar-refractivity contribution in [3.05, 3.63) is 0 Å². The van der Waals surface area contributed by atoms with E-state index in [4.69, 9.17) is 0 Å². The number of alkyl halides is 2. The van der Waals surface area contributed by atoms with Crippen LogP contribution in [0.25, 0.3) is 0 Å². The Balaban J connectivity index is 3.02. The Kier molecular flexibility index (Phi) is 13.0. The van der Waals surface area contributed by atoms with Gasteiger partial charge in [0.15, 0.2) is 0 Å². The van der Waals surface area contributed by atoms with Gasteiger partial charge in [0.05, 0.1) is 0 Å². The second-order valence-electron chi connectivity index (χ2n) is 3.00. The van der Waals surface area contributed by atoms with Crippen molar-refractivity contribution >= 4 is 31.9 Å². The van der Waals surface area contributed by atoms with Crippen LogP contribution in [0, 0.1) is 11.8 Å². The Hall–Kier alpha value is 0.520. The van der Waals surface area contributed by atoms with Gasteiger partial charge in [0.25, 0.3) is 0 Å². The van der Waals surface area contributed by atoms with E-state index >= 15 is 0 Å². The summed E-state index contributed by atoms with van der Waals surface area (Å²) in [6.07, 6.45) is 8.49. The molecule has 0 saturated carbocycles. The van der Waals surface area contributed by atoms with E-state index in [1.165, 1.54) is 32.1 Å².